The lowest BCUT2D eigenvalue weighted by Gasteiger charge is -2.04. The fraction of sp³-hybridized carbons (Fsp3) is 0.0714. The molecule has 0 amide bonds. The van der Waals surface area contributed by atoms with Gasteiger partial charge in [0.2, 0.25) is 5.78 Å². The number of carbonyl (C=O) groups excluding carboxylic acids is 1. The first-order valence-corrected chi connectivity index (χ1v) is 6.36. The van der Waals surface area contributed by atoms with Crippen molar-refractivity contribution in [3.05, 3.63) is 52.2 Å². The van der Waals surface area contributed by atoms with E-state index in [9.17, 15) is 14.7 Å². The molecule has 3 aromatic rings. The first-order valence-electron chi connectivity index (χ1n) is 6.36. The summed E-state index contributed by atoms with van der Waals surface area (Å²) in [6.45, 7) is 0. The lowest BCUT2D eigenvalue weighted by molar-refractivity contribution is 0.104. The molecule has 2 heterocycles. The number of nitrogens with zero attached hydrogens (tertiary/aromatic N) is 4. The Labute approximate surface area is 123 Å². The first kappa shape index (κ1) is 13.7. The number of benzene rings is 1. The third-order valence-corrected chi connectivity index (χ3v) is 3.06. The van der Waals surface area contributed by atoms with Gasteiger partial charge in [0.1, 0.15) is 5.69 Å². The summed E-state index contributed by atoms with van der Waals surface area (Å²) < 4.78 is 0. The van der Waals surface area contributed by atoms with E-state index >= 15 is 0 Å². The molecular formula is C14H11N5O3. The van der Waals surface area contributed by atoms with Crippen molar-refractivity contribution in [3.63, 3.8) is 0 Å². The predicted octanol–water partition coefficient (Wildman–Crippen LogP) is 0.653. The number of allylic oxidation sites excluding steroid dienone is 1. The number of carbonyl (C=O) groups is 1. The van der Waals surface area contributed by atoms with E-state index in [2.05, 4.69) is 20.4 Å². The molecule has 0 bridgehead atoms. The summed E-state index contributed by atoms with van der Waals surface area (Å²) in [5.74, 6) is -0.580. The smallest absolute Gasteiger partial charge is 0.256 e. The highest BCUT2D eigenvalue weighted by molar-refractivity contribution is 6.09. The Balaban J connectivity index is 2.03. The predicted molar refractivity (Wildman–Crippen MR) is 78.4 cm³/mol. The quantitative estimate of drug-likeness (QED) is 0.542. The van der Waals surface area contributed by atoms with Crippen LogP contribution in [0.5, 0.6) is 5.75 Å². The standard InChI is InChI=1S/C14H11N5O3/c1-19-17-11(16-18-19)7-6-10(20)12-13(21)8-4-2-3-5-9(8)14(22)15-12/h2-7,21H,1H3,(H,15,22)/b7-6+. The molecule has 0 aliphatic carbocycles. The molecule has 2 N–H and O–H groups in total. The van der Waals surface area contributed by atoms with E-state index in [1.165, 1.54) is 10.9 Å². The second kappa shape index (κ2) is 5.24. The minimum atomic E-state index is -0.562. The number of tetrazole rings is 1. The average molecular weight is 297 g/mol. The van der Waals surface area contributed by atoms with Crippen LogP contribution >= 0.6 is 0 Å². The van der Waals surface area contributed by atoms with Crippen molar-refractivity contribution in [2.45, 2.75) is 0 Å². The Morgan fingerprint density at radius 3 is 2.73 bits per heavy atom. The highest BCUT2D eigenvalue weighted by Crippen LogP contribution is 2.24. The number of hydrogen-bond acceptors (Lipinski definition) is 6. The summed E-state index contributed by atoms with van der Waals surface area (Å²) in [5.41, 5.74) is -0.619. The molecular weight excluding hydrogens is 286 g/mol. The van der Waals surface area contributed by atoms with E-state index in [1.807, 2.05) is 0 Å². The van der Waals surface area contributed by atoms with Crippen molar-refractivity contribution in [2.24, 2.45) is 7.05 Å². The van der Waals surface area contributed by atoms with Gasteiger partial charge in [-0.15, -0.1) is 10.2 Å². The molecule has 0 saturated heterocycles. The van der Waals surface area contributed by atoms with Crippen LogP contribution in [0.25, 0.3) is 16.8 Å². The van der Waals surface area contributed by atoms with Crippen LogP contribution in [0.4, 0.5) is 0 Å². The van der Waals surface area contributed by atoms with Crippen molar-refractivity contribution in [3.8, 4) is 5.75 Å². The number of H-pyrrole nitrogens is 1. The molecule has 3 rings (SSSR count). The van der Waals surface area contributed by atoms with Gasteiger partial charge in [0.15, 0.2) is 11.6 Å². The van der Waals surface area contributed by atoms with E-state index < -0.39 is 11.3 Å². The van der Waals surface area contributed by atoms with Crippen molar-refractivity contribution < 1.29 is 9.90 Å². The van der Waals surface area contributed by atoms with Crippen LogP contribution in [0.15, 0.2) is 35.1 Å². The zero-order chi connectivity index (χ0) is 15.7. The van der Waals surface area contributed by atoms with Crippen molar-refractivity contribution >= 4 is 22.6 Å². The van der Waals surface area contributed by atoms with Crippen LogP contribution in [0.2, 0.25) is 0 Å². The number of pyridine rings is 1. The largest absolute Gasteiger partial charge is 0.505 e. The monoisotopic (exact) mass is 297 g/mol. The van der Waals surface area contributed by atoms with E-state index in [0.29, 0.717) is 10.8 Å². The van der Waals surface area contributed by atoms with E-state index in [4.69, 9.17) is 0 Å². The van der Waals surface area contributed by atoms with Crippen LogP contribution in [-0.4, -0.2) is 36.1 Å². The molecule has 0 aliphatic rings. The summed E-state index contributed by atoms with van der Waals surface area (Å²) in [7, 11) is 1.60. The number of aryl methyl sites for hydroxylation is 1. The molecule has 0 radical (unpaired) electrons. The van der Waals surface area contributed by atoms with Crippen molar-refractivity contribution in [1.29, 1.82) is 0 Å². The number of aromatic nitrogens is 5. The number of rotatable bonds is 3. The lowest BCUT2D eigenvalue weighted by atomic mass is 10.1. The molecule has 8 nitrogen and oxygen atoms in total. The van der Waals surface area contributed by atoms with Gasteiger partial charge in [-0.25, -0.2) is 0 Å². The van der Waals surface area contributed by atoms with Crippen molar-refractivity contribution in [1.82, 2.24) is 25.2 Å². The van der Waals surface area contributed by atoms with Crippen LogP contribution in [0.3, 0.4) is 0 Å². The van der Waals surface area contributed by atoms with Gasteiger partial charge < -0.3 is 10.1 Å². The molecule has 8 heteroatoms. The van der Waals surface area contributed by atoms with Crippen LogP contribution < -0.4 is 5.56 Å². The minimum absolute atomic E-state index is 0.177. The van der Waals surface area contributed by atoms with Gasteiger partial charge in [-0.1, -0.05) is 18.2 Å². The number of hydrogen-bond donors (Lipinski definition) is 2. The third kappa shape index (κ3) is 2.37. The number of aromatic hydroxyl groups is 1. The van der Waals surface area contributed by atoms with Gasteiger partial charge in [0.25, 0.3) is 5.56 Å². The van der Waals surface area contributed by atoms with Crippen LogP contribution in [0, 0.1) is 0 Å². The molecule has 1 aromatic carbocycles. The zero-order valence-corrected chi connectivity index (χ0v) is 11.5. The summed E-state index contributed by atoms with van der Waals surface area (Å²) in [4.78, 5) is 27.7. The minimum Gasteiger partial charge on any atom is -0.505 e. The number of nitrogens with one attached hydrogen (secondary N) is 1. The maximum Gasteiger partial charge on any atom is 0.256 e. The van der Waals surface area contributed by atoms with Gasteiger partial charge in [-0.05, 0) is 23.4 Å². The maximum atomic E-state index is 12.1. The van der Waals surface area contributed by atoms with E-state index in [1.54, 1.807) is 31.3 Å². The molecule has 0 aliphatic heterocycles. The Morgan fingerprint density at radius 2 is 2.05 bits per heavy atom. The summed E-state index contributed by atoms with van der Waals surface area (Å²) in [5, 5.41) is 22.0. The highest BCUT2D eigenvalue weighted by Gasteiger charge is 2.14. The topological polar surface area (TPSA) is 114 Å². The Hall–Kier alpha value is -3.29. The number of ketones is 1. The third-order valence-electron chi connectivity index (χ3n) is 3.06. The normalized spacial score (nSPS) is 11.3. The second-order valence-electron chi connectivity index (χ2n) is 4.56. The Morgan fingerprint density at radius 1 is 1.32 bits per heavy atom. The van der Waals surface area contributed by atoms with Crippen LogP contribution in [-0.2, 0) is 7.05 Å². The molecule has 22 heavy (non-hydrogen) atoms. The lowest BCUT2D eigenvalue weighted by Crippen LogP contribution is -2.12. The summed E-state index contributed by atoms with van der Waals surface area (Å²) in [6, 6.07) is 6.50. The molecule has 110 valence electrons. The fourth-order valence-electron chi connectivity index (χ4n) is 2.04. The van der Waals surface area contributed by atoms with Gasteiger partial charge in [0, 0.05) is 5.39 Å². The molecule has 0 fully saturated rings. The Bertz CT molecular complexity index is 955. The molecule has 0 spiro atoms. The van der Waals surface area contributed by atoms with Gasteiger partial charge >= 0.3 is 0 Å². The first-order chi connectivity index (χ1) is 10.6. The summed E-state index contributed by atoms with van der Waals surface area (Å²) in [6.07, 6.45) is 2.51. The molecule has 0 saturated carbocycles. The highest BCUT2D eigenvalue weighted by atomic mass is 16.3. The van der Waals surface area contributed by atoms with Gasteiger partial charge in [0.05, 0.1) is 12.4 Å². The summed E-state index contributed by atoms with van der Waals surface area (Å²) >= 11 is 0. The molecule has 0 unspecified atom stereocenters. The maximum absolute atomic E-state index is 12.1. The van der Waals surface area contributed by atoms with Crippen LogP contribution in [0.1, 0.15) is 16.3 Å². The van der Waals surface area contributed by atoms with Crippen molar-refractivity contribution in [2.75, 3.05) is 0 Å². The SMILES string of the molecule is Cn1nnc(/C=C/C(=O)c2[nH]c(=O)c3ccccc3c2O)n1. The number of aromatic amines is 1. The van der Waals surface area contributed by atoms with Gasteiger partial charge in [-0.2, -0.15) is 4.80 Å². The van der Waals surface area contributed by atoms with E-state index in [0.717, 1.165) is 6.08 Å². The molecule has 0 atom stereocenters. The van der Waals surface area contributed by atoms with Gasteiger partial charge in [-0.3, -0.25) is 9.59 Å². The van der Waals surface area contributed by atoms with E-state index in [-0.39, 0.29) is 17.3 Å². The second-order valence-corrected chi connectivity index (χ2v) is 4.56. The Kier molecular flexibility index (Phi) is 3.26. The molecule has 2 aromatic heterocycles. The number of fused-ring (bicyclic) bond motifs is 1. The fourth-order valence-corrected chi connectivity index (χ4v) is 2.04. The zero-order valence-electron chi connectivity index (χ0n) is 11.5. The average Bonchev–Trinajstić information content (AvgIpc) is 2.94.